The van der Waals surface area contributed by atoms with Crippen molar-refractivity contribution in [3.05, 3.63) is 54.1 Å². The first kappa shape index (κ1) is 16.1. The second-order valence-corrected chi connectivity index (χ2v) is 7.64. The summed E-state index contributed by atoms with van der Waals surface area (Å²) in [5.74, 6) is 1.73. The normalized spacial score (nSPS) is 18.9. The molecule has 0 N–H and O–H groups in total. The molecule has 0 amide bonds. The van der Waals surface area contributed by atoms with Crippen LogP contribution in [0.1, 0.15) is 33.3 Å². The Morgan fingerprint density at radius 3 is 2.22 bits per heavy atom. The van der Waals surface area contributed by atoms with E-state index in [0.717, 1.165) is 17.8 Å². The molecule has 3 heteroatoms. The van der Waals surface area contributed by atoms with Crippen molar-refractivity contribution in [2.24, 2.45) is 5.41 Å². The van der Waals surface area contributed by atoms with Gasteiger partial charge in [-0.1, -0.05) is 43.7 Å². The average Bonchev–Trinajstić information content (AvgIpc) is 2.68. The summed E-state index contributed by atoms with van der Waals surface area (Å²) in [6.07, 6.45) is 1.04. The summed E-state index contributed by atoms with van der Waals surface area (Å²) < 4.78 is 12.3. The summed E-state index contributed by atoms with van der Waals surface area (Å²) in [6, 6.07) is 16.2. The van der Waals surface area contributed by atoms with Gasteiger partial charge in [-0.25, -0.2) is 0 Å². The van der Waals surface area contributed by atoms with Gasteiger partial charge in [-0.2, -0.15) is 0 Å². The molecule has 0 atom stereocenters. The van der Waals surface area contributed by atoms with E-state index >= 15 is 0 Å². The van der Waals surface area contributed by atoms with Crippen molar-refractivity contribution in [2.75, 3.05) is 0 Å². The topological polar surface area (TPSA) is 18.5 Å². The minimum Gasteiger partial charge on any atom is -0.457 e. The summed E-state index contributed by atoms with van der Waals surface area (Å²) in [4.78, 5) is 0. The van der Waals surface area contributed by atoms with Crippen molar-refractivity contribution in [1.29, 1.82) is 0 Å². The Morgan fingerprint density at radius 2 is 1.65 bits per heavy atom. The lowest BCUT2D eigenvalue weighted by Crippen LogP contribution is -2.36. The first-order valence-electron chi connectivity index (χ1n) is 8.30. The van der Waals surface area contributed by atoms with E-state index in [-0.39, 0.29) is 17.9 Å². The maximum absolute atomic E-state index is 6.35. The van der Waals surface area contributed by atoms with Gasteiger partial charge < -0.3 is 9.39 Å². The van der Waals surface area contributed by atoms with Crippen molar-refractivity contribution < 1.29 is 9.39 Å². The van der Waals surface area contributed by atoms with Crippen LogP contribution in [0.2, 0.25) is 6.32 Å². The second kappa shape index (κ2) is 5.72. The van der Waals surface area contributed by atoms with Crippen LogP contribution < -0.4 is 10.2 Å². The smallest absolute Gasteiger partial charge is 0.328 e. The molecule has 0 spiro atoms. The van der Waals surface area contributed by atoms with Gasteiger partial charge in [-0.3, -0.25) is 0 Å². The predicted molar refractivity (Wildman–Crippen MR) is 96.8 cm³/mol. The second-order valence-electron chi connectivity index (χ2n) is 7.64. The molecule has 0 saturated carbocycles. The van der Waals surface area contributed by atoms with E-state index in [2.05, 4.69) is 46.8 Å². The molecule has 2 aromatic rings. The summed E-state index contributed by atoms with van der Waals surface area (Å²) in [5, 5.41) is 0. The van der Waals surface area contributed by atoms with Crippen molar-refractivity contribution in [1.82, 2.24) is 0 Å². The summed E-state index contributed by atoms with van der Waals surface area (Å²) in [7, 11) is 0. The molecule has 2 aromatic carbocycles. The van der Waals surface area contributed by atoms with Gasteiger partial charge in [0.05, 0.1) is 5.60 Å². The van der Waals surface area contributed by atoms with Crippen LogP contribution in [-0.4, -0.2) is 12.5 Å². The van der Waals surface area contributed by atoms with Crippen LogP contribution in [0.25, 0.3) is 0 Å². The van der Waals surface area contributed by atoms with Gasteiger partial charge in [0.25, 0.3) is 0 Å². The fourth-order valence-corrected chi connectivity index (χ4v) is 3.14. The largest absolute Gasteiger partial charge is 0.457 e. The number of benzene rings is 2. The van der Waals surface area contributed by atoms with Crippen molar-refractivity contribution in [3.63, 3.8) is 0 Å². The molecule has 0 aliphatic carbocycles. The van der Waals surface area contributed by atoms with Crippen molar-refractivity contribution >= 4 is 12.4 Å². The fourth-order valence-electron chi connectivity index (χ4n) is 3.14. The van der Waals surface area contributed by atoms with Gasteiger partial charge in [0.15, 0.2) is 0 Å². The monoisotopic (exact) mass is 308 g/mol. The quantitative estimate of drug-likeness (QED) is 0.757. The summed E-state index contributed by atoms with van der Waals surface area (Å²) in [6.45, 7) is 11.2. The molecular weight excluding hydrogens is 283 g/mol. The van der Waals surface area contributed by atoms with Crippen LogP contribution in [-0.2, 0) is 4.65 Å². The SMILES string of the molecule is Cc1cc(Oc2ccccc2)ccc1B1CC(C)(C)C(C)(C)O1. The van der Waals surface area contributed by atoms with Gasteiger partial charge in [-0.15, -0.1) is 0 Å². The third kappa shape index (κ3) is 3.16. The first-order valence-corrected chi connectivity index (χ1v) is 8.30. The number of hydrogen-bond donors (Lipinski definition) is 0. The number of hydrogen-bond acceptors (Lipinski definition) is 2. The zero-order valence-electron chi connectivity index (χ0n) is 14.7. The highest BCUT2D eigenvalue weighted by Gasteiger charge is 2.50. The molecule has 1 aliphatic heterocycles. The molecule has 0 aromatic heterocycles. The van der Waals surface area contributed by atoms with Gasteiger partial charge >= 0.3 is 6.92 Å². The Labute approximate surface area is 139 Å². The standard InChI is InChI=1S/C20H25BO2/c1-15-13-17(22-16-9-7-6-8-10-16)11-12-18(15)21-14-19(2,3)20(4,5)23-21/h6-13H,14H2,1-5H3. The number of rotatable bonds is 3. The Hall–Kier alpha value is -1.74. The van der Waals surface area contributed by atoms with E-state index in [1.807, 2.05) is 36.4 Å². The van der Waals surface area contributed by atoms with Gasteiger partial charge in [0.1, 0.15) is 11.5 Å². The Kier molecular flexibility index (Phi) is 4.01. The maximum atomic E-state index is 6.35. The van der Waals surface area contributed by atoms with Crippen LogP contribution in [0.3, 0.4) is 0 Å². The van der Waals surface area contributed by atoms with Gasteiger partial charge in [0.2, 0.25) is 0 Å². The molecule has 1 saturated heterocycles. The average molecular weight is 308 g/mol. The zero-order valence-corrected chi connectivity index (χ0v) is 14.7. The Morgan fingerprint density at radius 1 is 0.957 bits per heavy atom. The molecule has 2 nitrogen and oxygen atoms in total. The number of para-hydroxylation sites is 1. The van der Waals surface area contributed by atoms with Crippen LogP contribution >= 0.6 is 0 Å². The van der Waals surface area contributed by atoms with Crippen molar-refractivity contribution in [2.45, 2.75) is 46.5 Å². The zero-order chi connectivity index (χ0) is 16.7. The van der Waals surface area contributed by atoms with Gasteiger partial charge in [0, 0.05) is 0 Å². The third-order valence-corrected chi connectivity index (χ3v) is 5.33. The first-order chi connectivity index (χ1) is 10.8. The van der Waals surface area contributed by atoms with Crippen LogP contribution in [0.15, 0.2) is 48.5 Å². The Balaban J connectivity index is 1.81. The summed E-state index contributed by atoms with van der Waals surface area (Å²) in [5.41, 5.74) is 2.55. The van der Waals surface area contributed by atoms with E-state index in [4.69, 9.17) is 9.39 Å². The lowest BCUT2D eigenvalue weighted by atomic mass is 9.53. The minimum absolute atomic E-state index is 0.108. The van der Waals surface area contributed by atoms with Crippen LogP contribution in [0, 0.1) is 12.3 Å². The van der Waals surface area contributed by atoms with E-state index in [9.17, 15) is 0 Å². The predicted octanol–water partition coefficient (Wildman–Crippen LogP) is 4.82. The van der Waals surface area contributed by atoms with Crippen LogP contribution in [0.4, 0.5) is 0 Å². The molecule has 1 heterocycles. The van der Waals surface area contributed by atoms with E-state index in [0.29, 0.717) is 0 Å². The molecule has 3 rings (SSSR count). The molecule has 0 unspecified atom stereocenters. The highest BCUT2D eigenvalue weighted by Crippen LogP contribution is 2.45. The molecular formula is C20H25BO2. The number of ether oxygens (including phenoxy) is 1. The third-order valence-electron chi connectivity index (χ3n) is 5.33. The lowest BCUT2D eigenvalue weighted by Gasteiger charge is -2.34. The maximum Gasteiger partial charge on any atom is 0.328 e. The molecule has 23 heavy (non-hydrogen) atoms. The molecule has 1 fully saturated rings. The minimum atomic E-state index is -0.108. The van der Waals surface area contributed by atoms with Gasteiger partial charge in [-0.05, 0) is 62.2 Å². The van der Waals surface area contributed by atoms with E-state index in [1.54, 1.807) is 0 Å². The van der Waals surface area contributed by atoms with E-state index < -0.39 is 0 Å². The number of aryl methyl sites for hydroxylation is 1. The highest BCUT2D eigenvalue weighted by molar-refractivity contribution is 6.68. The highest BCUT2D eigenvalue weighted by atomic mass is 16.5. The molecule has 120 valence electrons. The molecule has 1 aliphatic rings. The lowest BCUT2D eigenvalue weighted by molar-refractivity contribution is 0.0375. The fraction of sp³-hybridized carbons (Fsp3) is 0.400. The van der Waals surface area contributed by atoms with Crippen molar-refractivity contribution in [3.8, 4) is 11.5 Å². The molecule has 0 radical (unpaired) electrons. The van der Waals surface area contributed by atoms with Crippen LogP contribution in [0.5, 0.6) is 11.5 Å². The van der Waals surface area contributed by atoms with E-state index in [1.165, 1.54) is 11.0 Å². The summed E-state index contributed by atoms with van der Waals surface area (Å²) >= 11 is 0. The Bertz CT molecular complexity index is 676. The molecule has 0 bridgehead atoms.